The van der Waals surface area contributed by atoms with Crippen molar-refractivity contribution in [2.75, 3.05) is 32.5 Å². The van der Waals surface area contributed by atoms with Crippen LogP contribution in [0.15, 0.2) is 29.1 Å². The minimum atomic E-state index is -0.378. The zero-order chi connectivity index (χ0) is 17.8. The molecule has 0 amide bonds. The number of rotatable bonds is 5. The highest BCUT2D eigenvalue weighted by Gasteiger charge is 2.14. The Balaban J connectivity index is 0.00000243. The molecule has 3 rings (SSSR count). The summed E-state index contributed by atoms with van der Waals surface area (Å²) in [4.78, 5) is 33.4. The highest BCUT2D eigenvalue weighted by atomic mass is 35.5. The number of nitrogens with zero attached hydrogens (tertiary/aromatic N) is 2. The number of nitrogens with one attached hydrogen (secondary N) is 1. The van der Waals surface area contributed by atoms with Crippen molar-refractivity contribution in [3.05, 3.63) is 40.2 Å². The second-order valence-electron chi connectivity index (χ2n) is 6.15. The summed E-state index contributed by atoms with van der Waals surface area (Å²) in [6.45, 7) is 2.89. The van der Waals surface area contributed by atoms with Gasteiger partial charge in [-0.25, -0.2) is 4.98 Å². The van der Waals surface area contributed by atoms with Crippen LogP contribution < -0.4 is 16.0 Å². The number of ether oxygens (including phenoxy) is 1. The van der Waals surface area contributed by atoms with Crippen molar-refractivity contribution in [2.24, 2.45) is 0 Å². The molecule has 1 aliphatic heterocycles. The Labute approximate surface area is 157 Å². The van der Waals surface area contributed by atoms with Crippen molar-refractivity contribution in [2.45, 2.75) is 19.3 Å². The van der Waals surface area contributed by atoms with Gasteiger partial charge < -0.3 is 10.5 Å². The monoisotopic (exact) mass is 378 g/mol. The van der Waals surface area contributed by atoms with Gasteiger partial charge in [0.25, 0.3) is 5.56 Å². The lowest BCUT2D eigenvalue weighted by molar-refractivity contribution is 0.104. The van der Waals surface area contributed by atoms with E-state index in [1.165, 1.54) is 38.5 Å². The van der Waals surface area contributed by atoms with Gasteiger partial charge >= 0.3 is 0 Å². The van der Waals surface area contributed by atoms with Crippen molar-refractivity contribution in [3.63, 3.8) is 0 Å². The highest BCUT2D eigenvalue weighted by Crippen LogP contribution is 2.24. The van der Waals surface area contributed by atoms with E-state index < -0.39 is 0 Å². The number of H-pyrrole nitrogens is 1. The Morgan fingerprint density at radius 3 is 2.77 bits per heavy atom. The molecule has 26 heavy (non-hydrogen) atoms. The summed E-state index contributed by atoms with van der Waals surface area (Å²) >= 11 is 0. The summed E-state index contributed by atoms with van der Waals surface area (Å²) in [6, 6.07) is 3.07. The van der Waals surface area contributed by atoms with Crippen molar-refractivity contribution in [3.8, 4) is 5.75 Å². The Morgan fingerprint density at radius 1 is 1.35 bits per heavy atom. The zero-order valence-corrected chi connectivity index (χ0v) is 15.5. The lowest BCUT2D eigenvalue weighted by Crippen LogP contribution is -2.29. The molecule has 0 spiro atoms. The number of carbonyl (C=O) groups is 1. The Morgan fingerprint density at radius 2 is 2.08 bits per heavy atom. The molecule has 1 saturated heterocycles. The molecule has 140 valence electrons. The number of benzene rings is 1. The molecule has 1 fully saturated rings. The smallest absolute Gasteiger partial charge is 0.260 e. The van der Waals surface area contributed by atoms with Gasteiger partial charge in [-0.1, -0.05) is 12.5 Å². The van der Waals surface area contributed by atoms with Crippen LogP contribution in [0, 0.1) is 0 Å². The fourth-order valence-corrected chi connectivity index (χ4v) is 3.09. The standard InChI is InChI=1S/C18H22N4O3.ClH/c1-25-16-11-14-12(17(24)21-18(19)20-14)10-13(16)15(23)6-5-9-22-7-3-2-4-8-22;/h5-6,10-11H,2-4,7-9H2,1H3,(H3,19,20,21,24);1H. The normalized spacial score (nSPS) is 15.1. The van der Waals surface area contributed by atoms with Crippen LogP contribution in [-0.4, -0.2) is 47.4 Å². The summed E-state index contributed by atoms with van der Waals surface area (Å²) in [5, 5.41) is 0.308. The summed E-state index contributed by atoms with van der Waals surface area (Å²) in [5.74, 6) is 0.199. The molecule has 1 aliphatic rings. The SMILES string of the molecule is COc1cc2nc(N)[nH]c(=O)c2cc1C(=O)C=CCN1CCCCC1.Cl. The molecular formula is C18H23ClN4O3. The van der Waals surface area contributed by atoms with Gasteiger partial charge in [0.2, 0.25) is 5.95 Å². The van der Waals surface area contributed by atoms with E-state index in [9.17, 15) is 9.59 Å². The number of hydrogen-bond donors (Lipinski definition) is 2. The highest BCUT2D eigenvalue weighted by molar-refractivity contribution is 6.08. The number of nitrogen functional groups attached to an aromatic ring is 1. The quantitative estimate of drug-likeness (QED) is 0.610. The zero-order valence-electron chi connectivity index (χ0n) is 14.7. The Bertz CT molecular complexity index is 873. The number of carbonyl (C=O) groups excluding carboxylic acids is 1. The number of nitrogens with two attached hydrogens (primary N) is 1. The number of anilines is 1. The minimum Gasteiger partial charge on any atom is -0.496 e. The maximum Gasteiger partial charge on any atom is 0.260 e. The Hall–Kier alpha value is -2.38. The van der Waals surface area contributed by atoms with Crippen molar-refractivity contribution >= 4 is 35.0 Å². The largest absolute Gasteiger partial charge is 0.496 e. The third-order valence-electron chi connectivity index (χ3n) is 4.39. The average Bonchev–Trinajstić information content (AvgIpc) is 2.61. The first-order valence-corrected chi connectivity index (χ1v) is 8.39. The maximum atomic E-state index is 12.5. The first kappa shape index (κ1) is 19.9. The van der Waals surface area contributed by atoms with Gasteiger partial charge in [-0.05, 0) is 38.1 Å². The van der Waals surface area contributed by atoms with E-state index in [0.29, 0.717) is 22.2 Å². The second-order valence-corrected chi connectivity index (χ2v) is 6.15. The number of fused-ring (bicyclic) bond motifs is 1. The minimum absolute atomic E-state index is 0. The van der Waals surface area contributed by atoms with Gasteiger partial charge in [-0.3, -0.25) is 19.5 Å². The number of ketones is 1. The average molecular weight is 379 g/mol. The van der Waals surface area contributed by atoms with Crippen molar-refractivity contribution in [1.29, 1.82) is 0 Å². The van der Waals surface area contributed by atoms with E-state index in [1.54, 1.807) is 6.07 Å². The molecule has 0 radical (unpaired) electrons. The number of aromatic amines is 1. The molecule has 0 saturated carbocycles. The van der Waals surface area contributed by atoms with E-state index in [0.717, 1.165) is 19.6 Å². The maximum absolute atomic E-state index is 12.5. The fourth-order valence-electron chi connectivity index (χ4n) is 3.09. The lowest BCUT2D eigenvalue weighted by Gasteiger charge is -2.24. The van der Waals surface area contributed by atoms with E-state index in [-0.39, 0.29) is 29.7 Å². The molecule has 8 heteroatoms. The first-order valence-electron chi connectivity index (χ1n) is 8.39. The van der Waals surface area contributed by atoms with Gasteiger partial charge in [0.1, 0.15) is 5.75 Å². The topological polar surface area (TPSA) is 101 Å². The van der Waals surface area contributed by atoms with Crippen LogP contribution in [0.3, 0.4) is 0 Å². The van der Waals surface area contributed by atoms with Crippen LogP contribution in [0.5, 0.6) is 5.75 Å². The second kappa shape index (κ2) is 8.82. The van der Waals surface area contributed by atoms with E-state index >= 15 is 0 Å². The molecule has 3 N–H and O–H groups in total. The van der Waals surface area contributed by atoms with Gasteiger partial charge in [0.05, 0.1) is 23.6 Å². The predicted octanol–water partition coefficient (Wildman–Crippen LogP) is 2.16. The molecule has 0 unspecified atom stereocenters. The molecule has 7 nitrogen and oxygen atoms in total. The number of methoxy groups -OCH3 is 1. The van der Waals surface area contributed by atoms with E-state index in [1.807, 2.05) is 6.08 Å². The predicted molar refractivity (Wildman–Crippen MR) is 104 cm³/mol. The van der Waals surface area contributed by atoms with Gasteiger partial charge in [0.15, 0.2) is 5.78 Å². The van der Waals surface area contributed by atoms with Crippen LogP contribution in [0.25, 0.3) is 10.9 Å². The van der Waals surface area contributed by atoms with Crippen LogP contribution in [0.1, 0.15) is 29.6 Å². The molecule has 1 aromatic carbocycles. The summed E-state index contributed by atoms with van der Waals surface area (Å²) in [6.07, 6.45) is 7.10. The summed E-state index contributed by atoms with van der Waals surface area (Å²) in [5.41, 5.74) is 5.91. The van der Waals surface area contributed by atoms with Crippen LogP contribution in [0.2, 0.25) is 0 Å². The molecule has 0 aliphatic carbocycles. The van der Waals surface area contributed by atoms with Gasteiger partial charge in [-0.2, -0.15) is 0 Å². The van der Waals surface area contributed by atoms with E-state index in [4.69, 9.17) is 10.5 Å². The number of allylic oxidation sites excluding steroid dienone is 1. The molecule has 2 aromatic rings. The van der Waals surface area contributed by atoms with Crippen LogP contribution in [-0.2, 0) is 0 Å². The summed E-state index contributed by atoms with van der Waals surface area (Å²) in [7, 11) is 1.48. The number of likely N-dealkylation sites (tertiary alicyclic amines) is 1. The van der Waals surface area contributed by atoms with E-state index in [2.05, 4.69) is 14.9 Å². The Kier molecular flexibility index (Phi) is 6.76. The number of hydrogen-bond acceptors (Lipinski definition) is 6. The third-order valence-corrected chi connectivity index (χ3v) is 4.39. The third kappa shape index (κ3) is 4.42. The van der Waals surface area contributed by atoms with Crippen molar-refractivity contribution in [1.82, 2.24) is 14.9 Å². The van der Waals surface area contributed by atoms with Crippen LogP contribution >= 0.6 is 12.4 Å². The molecule has 1 aromatic heterocycles. The fraction of sp³-hybridized carbons (Fsp3) is 0.389. The summed E-state index contributed by atoms with van der Waals surface area (Å²) < 4.78 is 5.29. The number of piperidine rings is 1. The molecule has 2 heterocycles. The molecular weight excluding hydrogens is 356 g/mol. The first-order chi connectivity index (χ1) is 12.1. The molecule has 0 atom stereocenters. The lowest BCUT2D eigenvalue weighted by atomic mass is 10.1. The number of aromatic nitrogens is 2. The number of halogens is 1. The van der Waals surface area contributed by atoms with Crippen LogP contribution in [0.4, 0.5) is 5.95 Å². The molecule has 0 bridgehead atoms. The van der Waals surface area contributed by atoms with Gasteiger partial charge in [0, 0.05) is 12.6 Å². The van der Waals surface area contributed by atoms with Crippen molar-refractivity contribution < 1.29 is 9.53 Å². The van der Waals surface area contributed by atoms with Gasteiger partial charge in [-0.15, -0.1) is 12.4 Å².